The molecule has 1 atom stereocenters. The Hall–Kier alpha value is 0.530. The van der Waals surface area contributed by atoms with Crippen molar-refractivity contribution in [2.45, 2.75) is 5.25 Å². The van der Waals surface area contributed by atoms with Gasteiger partial charge in [-0.1, -0.05) is 0 Å². The maximum atomic E-state index is 11.6. The third-order valence-electron chi connectivity index (χ3n) is 2.17. The van der Waals surface area contributed by atoms with Crippen LogP contribution in [0.15, 0.2) is 0 Å². The van der Waals surface area contributed by atoms with Crippen LogP contribution < -0.4 is 10.5 Å². The van der Waals surface area contributed by atoms with E-state index in [-0.39, 0.29) is 12.4 Å². The Morgan fingerprint density at radius 3 is 2.82 bits per heavy atom. The molecule has 17 heavy (non-hydrogen) atoms. The van der Waals surface area contributed by atoms with Gasteiger partial charge in [-0.25, -0.2) is 13.1 Å². The lowest BCUT2D eigenvalue weighted by Gasteiger charge is -2.21. The van der Waals surface area contributed by atoms with E-state index in [1.807, 2.05) is 23.5 Å². The molecule has 1 saturated heterocycles. The highest BCUT2D eigenvalue weighted by molar-refractivity contribution is 8.06. The van der Waals surface area contributed by atoms with Gasteiger partial charge >= 0.3 is 0 Å². The molecule has 102 valence electrons. The molecule has 0 aromatic heterocycles. The molecule has 0 aliphatic carbocycles. The quantitative estimate of drug-likeness (QED) is 0.601. The third kappa shape index (κ3) is 7.53. The van der Waals surface area contributed by atoms with Crippen LogP contribution >= 0.6 is 23.5 Å². The van der Waals surface area contributed by atoms with E-state index in [0.29, 0.717) is 24.9 Å². The largest absolute Gasteiger partial charge is 0.379 e. The lowest BCUT2D eigenvalue weighted by molar-refractivity contribution is 0.156. The molecular formula is C9H20N2O3S3. The molecule has 0 aromatic carbocycles. The first-order valence-electron chi connectivity index (χ1n) is 5.58. The van der Waals surface area contributed by atoms with Crippen molar-refractivity contribution in [3.05, 3.63) is 0 Å². The molecule has 1 fully saturated rings. The number of nitrogens with two attached hydrogens (primary N) is 1. The van der Waals surface area contributed by atoms with Crippen molar-refractivity contribution in [2.24, 2.45) is 5.73 Å². The average Bonchev–Trinajstić information content (AvgIpc) is 2.34. The van der Waals surface area contributed by atoms with E-state index in [9.17, 15) is 8.42 Å². The van der Waals surface area contributed by atoms with Crippen LogP contribution in [0.2, 0.25) is 0 Å². The summed E-state index contributed by atoms with van der Waals surface area (Å²) in [6.45, 7) is 1.56. The molecule has 1 heterocycles. The van der Waals surface area contributed by atoms with Gasteiger partial charge in [-0.05, 0) is 0 Å². The first-order chi connectivity index (χ1) is 8.14. The Morgan fingerprint density at radius 2 is 2.18 bits per heavy atom. The van der Waals surface area contributed by atoms with Crippen LogP contribution in [0.1, 0.15) is 0 Å². The molecule has 5 nitrogen and oxygen atoms in total. The van der Waals surface area contributed by atoms with Crippen molar-refractivity contribution in [2.75, 3.05) is 49.3 Å². The first-order valence-corrected chi connectivity index (χ1v) is 9.44. The van der Waals surface area contributed by atoms with E-state index in [1.165, 1.54) is 5.75 Å². The van der Waals surface area contributed by atoms with Crippen molar-refractivity contribution >= 4 is 33.5 Å². The minimum absolute atomic E-state index is 0.0114. The standard InChI is InChI=1S/C9H20N2O3S3/c10-1-2-14-3-6-17(12,13)11-7-9-8-15-4-5-16-9/h9,11H,1-8,10H2. The van der Waals surface area contributed by atoms with Crippen LogP contribution in [-0.4, -0.2) is 63.0 Å². The molecule has 1 unspecified atom stereocenters. The van der Waals surface area contributed by atoms with Crippen molar-refractivity contribution < 1.29 is 13.2 Å². The SMILES string of the molecule is NCCOCCS(=O)(=O)NCC1CSCCS1. The number of ether oxygens (including phenoxy) is 1. The maximum absolute atomic E-state index is 11.6. The summed E-state index contributed by atoms with van der Waals surface area (Å²) in [5.74, 6) is 3.31. The van der Waals surface area contributed by atoms with Gasteiger partial charge in [-0.15, -0.1) is 0 Å². The number of sulfonamides is 1. The monoisotopic (exact) mass is 300 g/mol. The second-order valence-electron chi connectivity index (χ2n) is 3.64. The van der Waals surface area contributed by atoms with Crippen LogP contribution in [-0.2, 0) is 14.8 Å². The highest BCUT2D eigenvalue weighted by atomic mass is 32.2. The zero-order chi connectivity index (χ0) is 12.6. The van der Waals surface area contributed by atoms with Crippen LogP contribution in [0.5, 0.6) is 0 Å². The molecule has 0 radical (unpaired) electrons. The summed E-state index contributed by atoms with van der Waals surface area (Å²) in [5, 5.41) is 0.397. The Kier molecular flexibility index (Phi) is 7.89. The number of hydrogen-bond acceptors (Lipinski definition) is 6. The summed E-state index contributed by atoms with van der Waals surface area (Å²) in [6, 6.07) is 0. The van der Waals surface area contributed by atoms with Gasteiger partial charge in [0.25, 0.3) is 0 Å². The molecule has 0 spiro atoms. The Balaban J connectivity index is 2.14. The summed E-state index contributed by atoms with van der Waals surface area (Å²) in [6.07, 6.45) is 0. The minimum atomic E-state index is -3.20. The highest BCUT2D eigenvalue weighted by Gasteiger charge is 2.17. The van der Waals surface area contributed by atoms with Gasteiger partial charge in [0.1, 0.15) is 0 Å². The predicted octanol–water partition coefficient (Wildman–Crippen LogP) is -0.270. The molecule has 1 rings (SSSR count). The van der Waals surface area contributed by atoms with E-state index < -0.39 is 10.0 Å². The second kappa shape index (κ2) is 8.60. The average molecular weight is 300 g/mol. The van der Waals surface area contributed by atoms with E-state index >= 15 is 0 Å². The van der Waals surface area contributed by atoms with Crippen molar-refractivity contribution in [3.63, 3.8) is 0 Å². The molecule has 1 aliphatic rings. The van der Waals surface area contributed by atoms with Crippen molar-refractivity contribution in [1.29, 1.82) is 0 Å². The zero-order valence-electron chi connectivity index (χ0n) is 9.76. The Bertz CT molecular complexity index is 292. The molecule has 0 bridgehead atoms. The molecule has 8 heteroatoms. The number of hydrogen-bond donors (Lipinski definition) is 2. The van der Waals surface area contributed by atoms with Gasteiger partial charge in [0.05, 0.1) is 19.0 Å². The Labute approximate surface area is 112 Å². The molecule has 3 N–H and O–H groups in total. The number of rotatable bonds is 8. The van der Waals surface area contributed by atoms with Crippen LogP contribution in [0.25, 0.3) is 0 Å². The molecule has 0 saturated carbocycles. The van der Waals surface area contributed by atoms with E-state index in [0.717, 1.165) is 11.5 Å². The van der Waals surface area contributed by atoms with E-state index in [2.05, 4.69) is 4.72 Å². The maximum Gasteiger partial charge on any atom is 0.213 e. The zero-order valence-corrected chi connectivity index (χ0v) is 12.2. The third-order valence-corrected chi connectivity index (χ3v) is 6.33. The summed E-state index contributed by atoms with van der Waals surface area (Å²) in [4.78, 5) is 0. The lowest BCUT2D eigenvalue weighted by Crippen LogP contribution is -2.35. The summed E-state index contributed by atoms with van der Waals surface area (Å²) < 4.78 is 30.9. The summed E-state index contributed by atoms with van der Waals surface area (Å²) in [7, 11) is -3.20. The molecule has 0 amide bonds. The fourth-order valence-electron chi connectivity index (χ4n) is 1.30. The fraction of sp³-hybridized carbons (Fsp3) is 1.00. The van der Waals surface area contributed by atoms with E-state index in [1.54, 1.807) is 0 Å². The predicted molar refractivity (Wildman–Crippen MR) is 75.2 cm³/mol. The second-order valence-corrected chi connectivity index (χ2v) is 8.12. The number of thioether (sulfide) groups is 2. The Morgan fingerprint density at radius 1 is 1.35 bits per heavy atom. The fourth-order valence-corrected chi connectivity index (χ4v) is 4.95. The van der Waals surface area contributed by atoms with Crippen LogP contribution in [0, 0.1) is 0 Å². The van der Waals surface area contributed by atoms with Crippen molar-refractivity contribution in [3.8, 4) is 0 Å². The first kappa shape index (κ1) is 15.6. The van der Waals surface area contributed by atoms with Gasteiger partial charge in [0.15, 0.2) is 0 Å². The smallest absolute Gasteiger partial charge is 0.213 e. The normalized spacial score (nSPS) is 21.6. The van der Waals surface area contributed by atoms with Gasteiger partial charge in [0, 0.05) is 35.6 Å². The summed E-state index contributed by atoms with van der Waals surface area (Å²) >= 11 is 3.72. The van der Waals surface area contributed by atoms with Crippen LogP contribution in [0.3, 0.4) is 0 Å². The highest BCUT2D eigenvalue weighted by Crippen LogP contribution is 2.23. The summed E-state index contributed by atoms with van der Waals surface area (Å²) in [5.41, 5.74) is 5.24. The topological polar surface area (TPSA) is 81.4 Å². The van der Waals surface area contributed by atoms with Gasteiger partial charge < -0.3 is 10.5 Å². The van der Waals surface area contributed by atoms with E-state index in [4.69, 9.17) is 10.5 Å². The van der Waals surface area contributed by atoms with Crippen molar-refractivity contribution in [1.82, 2.24) is 4.72 Å². The molecule has 0 aromatic rings. The van der Waals surface area contributed by atoms with Gasteiger partial charge in [-0.2, -0.15) is 23.5 Å². The van der Waals surface area contributed by atoms with Gasteiger partial charge in [-0.3, -0.25) is 0 Å². The van der Waals surface area contributed by atoms with Crippen LogP contribution in [0.4, 0.5) is 0 Å². The molecular weight excluding hydrogens is 280 g/mol. The number of nitrogens with one attached hydrogen (secondary N) is 1. The lowest BCUT2D eigenvalue weighted by atomic mass is 10.5. The molecule has 1 aliphatic heterocycles. The van der Waals surface area contributed by atoms with Gasteiger partial charge in [0.2, 0.25) is 10.0 Å². The minimum Gasteiger partial charge on any atom is -0.379 e.